The summed E-state index contributed by atoms with van der Waals surface area (Å²) < 4.78 is 45.1. The Labute approximate surface area is 114 Å². The molecule has 0 fully saturated rings. The second-order valence-corrected chi connectivity index (χ2v) is 4.59. The van der Waals surface area contributed by atoms with Crippen molar-refractivity contribution in [2.75, 3.05) is 6.54 Å². The van der Waals surface area contributed by atoms with E-state index < -0.39 is 23.2 Å². The molecule has 0 spiro atoms. The topological polar surface area (TPSA) is 23.3 Å². The summed E-state index contributed by atoms with van der Waals surface area (Å²) in [6.07, 6.45) is 0.779. The van der Waals surface area contributed by atoms with Crippen LogP contribution in [0.2, 0.25) is 0 Å². The molecule has 0 saturated heterocycles. The number of rotatable bonds is 2. The van der Waals surface area contributed by atoms with E-state index in [4.69, 9.17) is 4.74 Å². The first-order valence-electron chi connectivity index (χ1n) is 6.21. The summed E-state index contributed by atoms with van der Waals surface area (Å²) in [6.45, 7) is 1.38. The highest BCUT2D eigenvalue weighted by Crippen LogP contribution is 2.30. The molecular weight excluding hydrogens is 267 g/mol. The second-order valence-electron chi connectivity index (χ2n) is 4.59. The molecule has 0 aliphatic carbocycles. The van der Waals surface area contributed by atoms with Crippen LogP contribution in [0.15, 0.2) is 30.3 Å². The van der Waals surface area contributed by atoms with E-state index in [2.05, 4.69) is 5.32 Å². The van der Waals surface area contributed by atoms with Crippen molar-refractivity contribution in [1.82, 2.24) is 5.32 Å². The van der Waals surface area contributed by atoms with E-state index in [1.807, 2.05) is 6.07 Å². The number of hydrogen-bond acceptors (Lipinski definition) is 1. The van der Waals surface area contributed by atoms with Crippen LogP contribution in [0, 0.1) is 17.5 Å². The highest BCUT2D eigenvalue weighted by Gasteiger charge is 2.15. The maximum absolute atomic E-state index is 13.5. The van der Waals surface area contributed by atoms with Gasteiger partial charge in [-0.25, -0.2) is 18.5 Å². The van der Waals surface area contributed by atoms with Gasteiger partial charge in [-0.3, -0.25) is 0 Å². The molecule has 103 valence electrons. The first kappa shape index (κ1) is 13.0. The molecule has 1 heterocycles. The SMILES string of the molecule is Fc1cc(F)c(Oc2ccc3c(c2)CC[N]C3)c(F)c1. The van der Waals surface area contributed by atoms with Crippen molar-refractivity contribution < 1.29 is 17.9 Å². The Kier molecular flexibility index (Phi) is 3.36. The van der Waals surface area contributed by atoms with Crippen molar-refractivity contribution >= 4 is 0 Å². The van der Waals surface area contributed by atoms with Crippen LogP contribution >= 0.6 is 0 Å². The summed E-state index contributed by atoms with van der Waals surface area (Å²) in [7, 11) is 0. The van der Waals surface area contributed by atoms with Crippen LogP contribution < -0.4 is 10.1 Å². The number of fused-ring (bicyclic) bond motifs is 1. The fraction of sp³-hybridized carbons (Fsp3) is 0.200. The second kappa shape index (κ2) is 5.17. The molecular formula is C15H11F3NO. The van der Waals surface area contributed by atoms with Gasteiger partial charge in [-0.05, 0) is 29.7 Å². The molecule has 0 aromatic heterocycles. The lowest BCUT2D eigenvalue weighted by atomic mass is 10.0. The minimum Gasteiger partial charge on any atom is -0.451 e. The lowest BCUT2D eigenvalue weighted by molar-refractivity contribution is 0.400. The molecule has 1 aliphatic rings. The van der Waals surface area contributed by atoms with Gasteiger partial charge in [-0.15, -0.1) is 0 Å². The summed E-state index contributed by atoms with van der Waals surface area (Å²) in [6, 6.07) is 6.38. The first-order valence-corrected chi connectivity index (χ1v) is 6.21. The van der Waals surface area contributed by atoms with Crippen molar-refractivity contribution in [3.05, 3.63) is 58.9 Å². The molecule has 0 saturated carbocycles. The van der Waals surface area contributed by atoms with E-state index in [0.717, 1.165) is 24.1 Å². The molecule has 1 radical (unpaired) electrons. The standard InChI is InChI=1S/C15H11F3NO/c16-11-6-13(17)15(14(18)7-11)20-12-2-1-10-8-19-4-3-9(10)5-12/h1-2,5-7H,3-4,8H2. The van der Waals surface area contributed by atoms with Gasteiger partial charge in [0.15, 0.2) is 17.4 Å². The van der Waals surface area contributed by atoms with E-state index >= 15 is 0 Å². The van der Waals surface area contributed by atoms with Crippen molar-refractivity contribution in [2.24, 2.45) is 0 Å². The summed E-state index contributed by atoms with van der Waals surface area (Å²) in [5.41, 5.74) is 2.14. The monoisotopic (exact) mass is 278 g/mol. The Bertz CT molecular complexity index is 635. The molecule has 2 aromatic carbocycles. The molecule has 0 bridgehead atoms. The van der Waals surface area contributed by atoms with Crippen LogP contribution in [0.3, 0.4) is 0 Å². The van der Waals surface area contributed by atoms with Crippen molar-refractivity contribution in [1.29, 1.82) is 0 Å². The Balaban J connectivity index is 1.92. The number of ether oxygens (including phenoxy) is 1. The lowest BCUT2D eigenvalue weighted by Crippen LogP contribution is -2.17. The Morgan fingerprint density at radius 3 is 2.45 bits per heavy atom. The molecule has 5 heteroatoms. The number of hydrogen-bond donors (Lipinski definition) is 0. The van der Waals surface area contributed by atoms with E-state index in [0.29, 0.717) is 24.4 Å². The Morgan fingerprint density at radius 2 is 1.70 bits per heavy atom. The molecule has 2 aromatic rings. The molecule has 0 N–H and O–H groups in total. The molecule has 0 unspecified atom stereocenters. The van der Waals surface area contributed by atoms with Gasteiger partial charge in [-0.1, -0.05) is 6.07 Å². The number of nitrogens with zero attached hydrogens (tertiary/aromatic N) is 1. The predicted molar refractivity (Wildman–Crippen MR) is 67.2 cm³/mol. The lowest BCUT2D eigenvalue weighted by Gasteiger charge is -2.17. The van der Waals surface area contributed by atoms with Crippen LogP contribution in [0.25, 0.3) is 0 Å². The molecule has 0 atom stereocenters. The van der Waals surface area contributed by atoms with Gasteiger partial charge in [0, 0.05) is 25.2 Å². The Hall–Kier alpha value is -2.01. The molecule has 0 amide bonds. The van der Waals surface area contributed by atoms with E-state index in [-0.39, 0.29) is 0 Å². The van der Waals surface area contributed by atoms with Crippen LogP contribution in [0.5, 0.6) is 11.5 Å². The van der Waals surface area contributed by atoms with Gasteiger partial charge in [0.1, 0.15) is 11.6 Å². The fourth-order valence-electron chi connectivity index (χ4n) is 2.20. The van der Waals surface area contributed by atoms with Gasteiger partial charge < -0.3 is 4.74 Å². The highest BCUT2D eigenvalue weighted by atomic mass is 19.1. The van der Waals surface area contributed by atoms with E-state index in [1.165, 1.54) is 0 Å². The third kappa shape index (κ3) is 2.49. The predicted octanol–water partition coefficient (Wildman–Crippen LogP) is 3.56. The van der Waals surface area contributed by atoms with Crippen molar-refractivity contribution in [3.8, 4) is 11.5 Å². The largest absolute Gasteiger partial charge is 0.451 e. The zero-order chi connectivity index (χ0) is 14.1. The minimum atomic E-state index is -1.06. The summed E-state index contributed by atoms with van der Waals surface area (Å²) in [5.74, 6) is -3.35. The fourth-order valence-corrected chi connectivity index (χ4v) is 2.20. The third-order valence-electron chi connectivity index (χ3n) is 3.18. The quantitative estimate of drug-likeness (QED) is 0.824. The van der Waals surface area contributed by atoms with Gasteiger partial charge in [-0.2, -0.15) is 0 Å². The normalized spacial score (nSPS) is 13.9. The van der Waals surface area contributed by atoms with Gasteiger partial charge in [0.25, 0.3) is 0 Å². The minimum absolute atomic E-state index is 0.329. The summed E-state index contributed by atoms with van der Waals surface area (Å²) in [5, 5.41) is 4.27. The number of halogens is 3. The molecule has 1 aliphatic heterocycles. The van der Waals surface area contributed by atoms with E-state index in [1.54, 1.807) is 12.1 Å². The van der Waals surface area contributed by atoms with E-state index in [9.17, 15) is 13.2 Å². The molecule has 3 rings (SSSR count). The summed E-state index contributed by atoms with van der Waals surface area (Å²) >= 11 is 0. The van der Waals surface area contributed by atoms with Gasteiger partial charge in [0.2, 0.25) is 0 Å². The van der Waals surface area contributed by atoms with Crippen LogP contribution in [0.4, 0.5) is 13.2 Å². The Morgan fingerprint density at radius 1 is 0.950 bits per heavy atom. The maximum Gasteiger partial charge on any atom is 0.198 e. The average molecular weight is 278 g/mol. The zero-order valence-electron chi connectivity index (χ0n) is 10.5. The van der Waals surface area contributed by atoms with Gasteiger partial charge in [0.05, 0.1) is 0 Å². The van der Waals surface area contributed by atoms with Crippen LogP contribution in [0.1, 0.15) is 11.1 Å². The van der Waals surface area contributed by atoms with Crippen molar-refractivity contribution in [3.63, 3.8) is 0 Å². The summed E-state index contributed by atoms with van der Waals surface area (Å²) in [4.78, 5) is 0. The maximum atomic E-state index is 13.5. The van der Waals surface area contributed by atoms with Gasteiger partial charge >= 0.3 is 0 Å². The van der Waals surface area contributed by atoms with Crippen LogP contribution in [-0.4, -0.2) is 6.54 Å². The van der Waals surface area contributed by atoms with Crippen molar-refractivity contribution in [2.45, 2.75) is 13.0 Å². The number of benzene rings is 2. The molecule has 2 nitrogen and oxygen atoms in total. The average Bonchev–Trinajstić information content (AvgIpc) is 2.42. The highest BCUT2D eigenvalue weighted by molar-refractivity contribution is 5.40. The smallest absolute Gasteiger partial charge is 0.198 e. The van der Waals surface area contributed by atoms with Crippen LogP contribution in [-0.2, 0) is 13.0 Å². The molecule has 20 heavy (non-hydrogen) atoms. The zero-order valence-corrected chi connectivity index (χ0v) is 10.5. The third-order valence-corrected chi connectivity index (χ3v) is 3.18. The first-order chi connectivity index (χ1) is 9.63.